The summed E-state index contributed by atoms with van der Waals surface area (Å²) < 4.78 is 27.9. The molecule has 0 aromatic heterocycles. The molecule has 0 amide bonds. The number of hydrogen-bond acceptors (Lipinski definition) is 2. The monoisotopic (exact) mass is 331 g/mol. The average Bonchev–Trinajstić information content (AvgIpc) is 2.51. The van der Waals surface area contributed by atoms with Gasteiger partial charge in [0, 0.05) is 10.0 Å². The Hall–Kier alpha value is -0.390. The lowest BCUT2D eigenvalue weighted by molar-refractivity contribution is 0.433. The Morgan fingerprint density at radius 3 is 2.50 bits per heavy atom. The molecule has 0 spiro atoms. The minimum Gasteiger partial charge on any atom is -0.212 e. The van der Waals surface area contributed by atoms with Gasteiger partial charge in [-0.15, -0.1) is 0 Å². The molecule has 0 radical (unpaired) electrons. The van der Waals surface area contributed by atoms with Crippen LogP contribution in [0.25, 0.3) is 0 Å². The van der Waals surface area contributed by atoms with Crippen molar-refractivity contribution in [2.24, 2.45) is 0 Å². The first-order valence-electron chi connectivity index (χ1n) is 6.02. The number of fused-ring (bicyclic) bond motifs is 1. The molecule has 1 atom stereocenters. The Morgan fingerprint density at radius 2 is 1.89 bits per heavy atom. The second-order valence-corrected chi connectivity index (χ2v) is 8.68. The fourth-order valence-corrected chi connectivity index (χ4v) is 3.84. The van der Waals surface area contributed by atoms with Gasteiger partial charge < -0.3 is 0 Å². The van der Waals surface area contributed by atoms with Gasteiger partial charge in [0.05, 0.1) is 5.25 Å². The maximum atomic E-state index is 12.0. The molecule has 100 valence electrons. The quantitative estimate of drug-likeness (QED) is 0.925. The van der Waals surface area contributed by atoms with Gasteiger partial charge in [0.2, 0.25) is 10.0 Å². The van der Waals surface area contributed by atoms with Crippen LogP contribution in [-0.4, -0.2) is 19.2 Å². The Kier molecular flexibility index (Phi) is 3.60. The first-order valence-corrected chi connectivity index (χ1v) is 8.36. The number of hydrogen-bond donors (Lipinski definition) is 1. The van der Waals surface area contributed by atoms with Crippen LogP contribution in [-0.2, 0) is 22.9 Å². The normalized spacial score (nSPS) is 23.4. The van der Waals surface area contributed by atoms with E-state index in [1.54, 1.807) is 13.8 Å². The van der Waals surface area contributed by atoms with E-state index in [9.17, 15) is 8.42 Å². The molecule has 0 fully saturated rings. The van der Waals surface area contributed by atoms with Crippen LogP contribution >= 0.6 is 15.9 Å². The molecule has 0 bridgehead atoms. The van der Waals surface area contributed by atoms with Crippen LogP contribution in [0.5, 0.6) is 0 Å². The Morgan fingerprint density at radius 1 is 1.28 bits per heavy atom. The van der Waals surface area contributed by atoms with Crippen molar-refractivity contribution < 1.29 is 8.42 Å². The molecular weight excluding hydrogens is 314 g/mol. The summed E-state index contributed by atoms with van der Waals surface area (Å²) in [5.41, 5.74) is 2.05. The number of sulfonamides is 1. The molecule has 3 nitrogen and oxygen atoms in total. The lowest BCUT2D eigenvalue weighted by atomic mass is 10.0. The van der Waals surface area contributed by atoms with Crippen LogP contribution in [0.15, 0.2) is 22.7 Å². The average molecular weight is 332 g/mol. The van der Waals surface area contributed by atoms with E-state index in [1.165, 1.54) is 11.1 Å². The number of benzene rings is 1. The van der Waals surface area contributed by atoms with E-state index in [0.29, 0.717) is 0 Å². The Balaban J connectivity index is 2.23. The molecule has 1 aromatic rings. The number of nitrogens with one attached hydrogen (secondary N) is 1. The number of halogens is 1. The SMILES string of the molecule is CC(C)S(=O)(=O)NC1(C)Cc2ccc(Br)cc2C1. The Bertz CT molecular complexity index is 568. The van der Waals surface area contributed by atoms with Crippen LogP contribution in [0.1, 0.15) is 31.9 Å². The molecule has 0 saturated heterocycles. The van der Waals surface area contributed by atoms with E-state index < -0.39 is 20.8 Å². The van der Waals surface area contributed by atoms with Crippen molar-refractivity contribution in [1.29, 1.82) is 0 Å². The van der Waals surface area contributed by atoms with Gasteiger partial charge in [0.25, 0.3) is 0 Å². The maximum absolute atomic E-state index is 12.0. The third kappa shape index (κ3) is 2.78. The van der Waals surface area contributed by atoms with Crippen LogP contribution in [0.2, 0.25) is 0 Å². The second kappa shape index (κ2) is 4.62. The summed E-state index contributed by atoms with van der Waals surface area (Å²) in [6, 6.07) is 6.14. The molecule has 1 aromatic carbocycles. The van der Waals surface area contributed by atoms with E-state index in [-0.39, 0.29) is 0 Å². The van der Waals surface area contributed by atoms with E-state index in [4.69, 9.17) is 0 Å². The highest BCUT2D eigenvalue weighted by Crippen LogP contribution is 2.32. The van der Waals surface area contributed by atoms with Crippen molar-refractivity contribution in [2.45, 2.75) is 44.4 Å². The molecule has 2 rings (SSSR count). The molecule has 1 aliphatic rings. The van der Waals surface area contributed by atoms with Crippen LogP contribution < -0.4 is 4.72 Å². The van der Waals surface area contributed by atoms with E-state index in [1.807, 2.05) is 13.0 Å². The van der Waals surface area contributed by atoms with Gasteiger partial charge >= 0.3 is 0 Å². The molecule has 1 unspecified atom stereocenters. The summed E-state index contributed by atoms with van der Waals surface area (Å²) in [6.45, 7) is 5.37. The van der Waals surface area contributed by atoms with Gasteiger partial charge in [-0.25, -0.2) is 13.1 Å². The third-order valence-corrected chi connectivity index (χ3v) is 5.85. The van der Waals surface area contributed by atoms with Gasteiger partial charge in [-0.1, -0.05) is 22.0 Å². The van der Waals surface area contributed by atoms with E-state index >= 15 is 0 Å². The standard InChI is InChI=1S/C13H18BrNO2S/c1-9(2)18(16,17)15-13(3)7-10-4-5-12(14)6-11(10)8-13/h4-6,9,15H,7-8H2,1-3H3. The van der Waals surface area contributed by atoms with Crippen molar-refractivity contribution in [3.8, 4) is 0 Å². The highest BCUT2D eigenvalue weighted by Gasteiger charge is 2.37. The smallest absolute Gasteiger partial charge is 0.212 e. The topological polar surface area (TPSA) is 46.2 Å². The fraction of sp³-hybridized carbons (Fsp3) is 0.538. The summed E-state index contributed by atoms with van der Waals surface area (Å²) in [5.74, 6) is 0. The van der Waals surface area contributed by atoms with E-state index in [2.05, 4.69) is 32.8 Å². The van der Waals surface area contributed by atoms with Crippen LogP contribution in [0.3, 0.4) is 0 Å². The zero-order chi connectivity index (χ0) is 13.6. The van der Waals surface area contributed by atoms with Crippen LogP contribution in [0.4, 0.5) is 0 Å². The van der Waals surface area contributed by atoms with Crippen LogP contribution in [0, 0.1) is 0 Å². The maximum Gasteiger partial charge on any atom is 0.214 e. The van der Waals surface area contributed by atoms with Gasteiger partial charge in [0.15, 0.2) is 0 Å². The van der Waals surface area contributed by atoms with Gasteiger partial charge in [-0.2, -0.15) is 0 Å². The van der Waals surface area contributed by atoms with Crippen molar-refractivity contribution in [3.63, 3.8) is 0 Å². The lowest BCUT2D eigenvalue weighted by Gasteiger charge is -2.26. The molecule has 1 N–H and O–H groups in total. The summed E-state index contributed by atoms with van der Waals surface area (Å²) in [4.78, 5) is 0. The lowest BCUT2D eigenvalue weighted by Crippen LogP contribution is -2.49. The molecule has 0 heterocycles. The third-order valence-electron chi connectivity index (χ3n) is 3.34. The first kappa shape index (κ1) is 14.0. The Labute approximate surface area is 117 Å². The number of rotatable bonds is 3. The predicted octanol–water partition coefficient (Wildman–Crippen LogP) is 2.63. The van der Waals surface area contributed by atoms with Crippen molar-refractivity contribution >= 4 is 26.0 Å². The first-order chi connectivity index (χ1) is 8.22. The van der Waals surface area contributed by atoms with Gasteiger partial charge in [-0.3, -0.25) is 0 Å². The minimum atomic E-state index is -3.23. The summed E-state index contributed by atoms with van der Waals surface area (Å²) >= 11 is 3.45. The molecule has 0 aliphatic heterocycles. The summed E-state index contributed by atoms with van der Waals surface area (Å²) in [6.07, 6.45) is 1.50. The highest BCUT2D eigenvalue weighted by molar-refractivity contribution is 9.10. The largest absolute Gasteiger partial charge is 0.214 e. The zero-order valence-corrected chi connectivity index (χ0v) is 13.2. The zero-order valence-electron chi connectivity index (χ0n) is 10.8. The fourth-order valence-electron chi connectivity index (χ4n) is 2.37. The molecular formula is C13H18BrNO2S. The van der Waals surface area contributed by atoms with E-state index in [0.717, 1.165) is 17.3 Å². The van der Waals surface area contributed by atoms with Crippen molar-refractivity contribution in [3.05, 3.63) is 33.8 Å². The minimum absolute atomic E-state index is 0.397. The summed E-state index contributed by atoms with van der Waals surface area (Å²) in [7, 11) is -3.23. The summed E-state index contributed by atoms with van der Waals surface area (Å²) in [5, 5.41) is -0.398. The molecule has 5 heteroatoms. The molecule has 18 heavy (non-hydrogen) atoms. The molecule has 0 saturated carbocycles. The predicted molar refractivity (Wildman–Crippen MR) is 77.1 cm³/mol. The molecule has 1 aliphatic carbocycles. The van der Waals surface area contributed by atoms with Crippen molar-refractivity contribution in [2.75, 3.05) is 0 Å². The highest BCUT2D eigenvalue weighted by atomic mass is 79.9. The van der Waals surface area contributed by atoms with Gasteiger partial charge in [0.1, 0.15) is 0 Å². The van der Waals surface area contributed by atoms with Gasteiger partial charge in [-0.05, 0) is 56.9 Å². The van der Waals surface area contributed by atoms with Crippen molar-refractivity contribution in [1.82, 2.24) is 4.72 Å². The second-order valence-electron chi connectivity index (χ2n) is 5.52.